The summed E-state index contributed by atoms with van der Waals surface area (Å²) in [5, 5.41) is 0. The van der Waals surface area contributed by atoms with Gasteiger partial charge in [-0.2, -0.15) is 0 Å². The second kappa shape index (κ2) is 9.06. The number of hydrogen-bond donors (Lipinski definition) is 0. The smallest absolute Gasteiger partial charge is 0.310 e. The van der Waals surface area contributed by atoms with Gasteiger partial charge >= 0.3 is 5.97 Å². The Hall–Kier alpha value is -1.06. The van der Waals surface area contributed by atoms with Gasteiger partial charge in [-0.3, -0.25) is 9.59 Å². The van der Waals surface area contributed by atoms with Crippen LogP contribution in [0.4, 0.5) is 0 Å². The molecular formula is C17H31NO3. The number of carbonyl (C=O) groups excluding carboxylic acids is 2. The third-order valence-electron chi connectivity index (χ3n) is 4.71. The third-order valence-corrected chi connectivity index (χ3v) is 4.71. The normalized spacial score (nSPS) is 17.6. The van der Waals surface area contributed by atoms with Crippen molar-refractivity contribution in [1.29, 1.82) is 0 Å². The van der Waals surface area contributed by atoms with Crippen molar-refractivity contribution >= 4 is 11.9 Å². The highest BCUT2D eigenvalue weighted by atomic mass is 16.5. The van der Waals surface area contributed by atoms with Crippen LogP contribution in [0.5, 0.6) is 0 Å². The van der Waals surface area contributed by atoms with Crippen molar-refractivity contribution in [3.63, 3.8) is 0 Å². The lowest BCUT2D eigenvalue weighted by atomic mass is 9.91. The molecule has 0 aliphatic heterocycles. The van der Waals surface area contributed by atoms with Crippen LogP contribution in [0.2, 0.25) is 0 Å². The standard InChI is InChI=1S/C17H31NO3/c1-5-14(6-2)16(19)18(12-13(3)17(20)21-4)15-10-8-7-9-11-15/h13-15H,5-12H2,1-4H3. The van der Waals surface area contributed by atoms with E-state index in [4.69, 9.17) is 4.74 Å². The minimum Gasteiger partial charge on any atom is -0.469 e. The van der Waals surface area contributed by atoms with Gasteiger partial charge in [0.1, 0.15) is 0 Å². The lowest BCUT2D eigenvalue weighted by Crippen LogP contribution is -2.47. The summed E-state index contributed by atoms with van der Waals surface area (Å²) in [6.07, 6.45) is 7.50. The summed E-state index contributed by atoms with van der Waals surface area (Å²) in [7, 11) is 1.41. The molecule has 0 aromatic rings. The zero-order valence-electron chi connectivity index (χ0n) is 14.1. The Morgan fingerprint density at radius 3 is 2.19 bits per heavy atom. The summed E-state index contributed by atoms with van der Waals surface area (Å²) in [4.78, 5) is 26.5. The fourth-order valence-electron chi connectivity index (χ4n) is 3.25. The molecule has 4 heteroatoms. The van der Waals surface area contributed by atoms with Gasteiger partial charge in [0, 0.05) is 18.5 Å². The van der Waals surface area contributed by atoms with Crippen molar-refractivity contribution < 1.29 is 14.3 Å². The molecular weight excluding hydrogens is 266 g/mol. The van der Waals surface area contributed by atoms with Crippen LogP contribution >= 0.6 is 0 Å². The number of methoxy groups -OCH3 is 1. The van der Waals surface area contributed by atoms with Gasteiger partial charge in [0.2, 0.25) is 5.91 Å². The first-order valence-corrected chi connectivity index (χ1v) is 8.43. The van der Waals surface area contributed by atoms with E-state index in [0.717, 1.165) is 25.7 Å². The Labute approximate surface area is 129 Å². The highest BCUT2D eigenvalue weighted by Gasteiger charge is 2.31. The number of nitrogens with zero attached hydrogens (tertiary/aromatic N) is 1. The van der Waals surface area contributed by atoms with E-state index in [9.17, 15) is 9.59 Å². The van der Waals surface area contributed by atoms with E-state index < -0.39 is 0 Å². The van der Waals surface area contributed by atoms with Gasteiger partial charge in [0.15, 0.2) is 0 Å². The Morgan fingerprint density at radius 2 is 1.71 bits per heavy atom. The second-order valence-electron chi connectivity index (χ2n) is 6.22. The molecule has 0 radical (unpaired) electrons. The molecule has 0 bridgehead atoms. The molecule has 1 atom stereocenters. The van der Waals surface area contributed by atoms with Crippen LogP contribution in [0.15, 0.2) is 0 Å². The number of rotatable bonds is 7. The number of esters is 1. The van der Waals surface area contributed by atoms with Gasteiger partial charge in [-0.15, -0.1) is 0 Å². The molecule has 122 valence electrons. The van der Waals surface area contributed by atoms with Gasteiger partial charge in [-0.1, -0.05) is 40.0 Å². The minimum atomic E-state index is -0.254. The summed E-state index contributed by atoms with van der Waals surface area (Å²) in [5.41, 5.74) is 0. The number of hydrogen-bond acceptors (Lipinski definition) is 3. The van der Waals surface area contributed by atoms with Crippen LogP contribution < -0.4 is 0 Å². The van der Waals surface area contributed by atoms with Crippen LogP contribution in [0.25, 0.3) is 0 Å². The molecule has 21 heavy (non-hydrogen) atoms. The molecule has 0 N–H and O–H groups in total. The Morgan fingerprint density at radius 1 is 1.14 bits per heavy atom. The molecule has 0 aromatic heterocycles. The largest absolute Gasteiger partial charge is 0.469 e. The van der Waals surface area contributed by atoms with E-state index in [1.807, 2.05) is 11.8 Å². The summed E-state index contributed by atoms with van der Waals surface area (Å²) < 4.78 is 4.82. The van der Waals surface area contributed by atoms with Crippen molar-refractivity contribution in [2.45, 2.75) is 71.8 Å². The van der Waals surface area contributed by atoms with Crippen molar-refractivity contribution in [2.24, 2.45) is 11.8 Å². The topological polar surface area (TPSA) is 46.6 Å². The average Bonchev–Trinajstić information content (AvgIpc) is 2.53. The predicted octanol–water partition coefficient (Wildman–Crippen LogP) is 3.39. The highest BCUT2D eigenvalue weighted by Crippen LogP contribution is 2.26. The van der Waals surface area contributed by atoms with E-state index in [1.54, 1.807) is 0 Å². The summed E-state index contributed by atoms with van der Waals surface area (Å²) >= 11 is 0. The number of amides is 1. The van der Waals surface area contributed by atoms with Gasteiger partial charge < -0.3 is 9.64 Å². The van der Waals surface area contributed by atoms with E-state index in [-0.39, 0.29) is 23.7 Å². The van der Waals surface area contributed by atoms with Crippen LogP contribution in [-0.2, 0) is 14.3 Å². The average molecular weight is 297 g/mol. The van der Waals surface area contributed by atoms with Crippen molar-refractivity contribution in [2.75, 3.05) is 13.7 Å². The molecule has 0 heterocycles. The first-order chi connectivity index (χ1) is 10.0. The molecule has 1 unspecified atom stereocenters. The zero-order chi connectivity index (χ0) is 15.8. The van der Waals surface area contributed by atoms with E-state index in [2.05, 4.69) is 13.8 Å². The molecule has 1 aliphatic rings. The molecule has 0 aromatic carbocycles. The van der Waals surface area contributed by atoms with Crippen molar-refractivity contribution in [3.05, 3.63) is 0 Å². The van der Waals surface area contributed by atoms with E-state index in [1.165, 1.54) is 26.4 Å². The Kier molecular flexibility index (Phi) is 7.76. The van der Waals surface area contributed by atoms with Crippen molar-refractivity contribution in [3.8, 4) is 0 Å². The summed E-state index contributed by atoms with van der Waals surface area (Å²) in [6.45, 7) is 6.47. The lowest BCUT2D eigenvalue weighted by Gasteiger charge is -2.37. The highest BCUT2D eigenvalue weighted by molar-refractivity contribution is 5.80. The Bertz CT molecular complexity index is 333. The molecule has 0 saturated heterocycles. The molecule has 1 fully saturated rings. The fourth-order valence-corrected chi connectivity index (χ4v) is 3.25. The van der Waals surface area contributed by atoms with Crippen LogP contribution in [0.1, 0.15) is 65.7 Å². The predicted molar refractivity (Wildman–Crippen MR) is 83.8 cm³/mol. The molecule has 4 nitrogen and oxygen atoms in total. The van der Waals surface area contributed by atoms with Crippen LogP contribution in [0, 0.1) is 11.8 Å². The SMILES string of the molecule is CCC(CC)C(=O)N(CC(C)C(=O)OC)C1CCCCC1. The molecule has 1 aliphatic carbocycles. The Balaban J connectivity index is 2.82. The maximum absolute atomic E-state index is 12.8. The summed E-state index contributed by atoms with van der Waals surface area (Å²) in [5.74, 6) is -0.178. The number of carbonyl (C=O) groups is 2. The number of ether oxygens (including phenoxy) is 1. The van der Waals surface area contributed by atoms with Gasteiger partial charge in [0.05, 0.1) is 13.0 Å². The third kappa shape index (κ3) is 5.01. The van der Waals surface area contributed by atoms with Gasteiger partial charge in [-0.05, 0) is 25.7 Å². The zero-order valence-corrected chi connectivity index (χ0v) is 14.1. The second-order valence-corrected chi connectivity index (χ2v) is 6.22. The molecule has 0 spiro atoms. The van der Waals surface area contributed by atoms with Crippen LogP contribution in [0.3, 0.4) is 0 Å². The van der Waals surface area contributed by atoms with Gasteiger partial charge in [0.25, 0.3) is 0 Å². The van der Waals surface area contributed by atoms with Gasteiger partial charge in [-0.25, -0.2) is 0 Å². The minimum absolute atomic E-state index is 0.0803. The first kappa shape index (κ1) is 18.0. The monoisotopic (exact) mass is 297 g/mol. The van der Waals surface area contributed by atoms with Crippen LogP contribution in [-0.4, -0.2) is 36.5 Å². The molecule has 1 rings (SSSR count). The van der Waals surface area contributed by atoms with Crippen molar-refractivity contribution in [1.82, 2.24) is 4.90 Å². The quantitative estimate of drug-likeness (QED) is 0.677. The van der Waals surface area contributed by atoms with E-state index in [0.29, 0.717) is 12.6 Å². The molecule has 1 amide bonds. The first-order valence-electron chi connectivity index (χ1n) is 8.43. The lowest BCUT2D eigenvalue weighted by molar-refractivity contribution is -0.148. The molecule has 1 saturated carbocycles. The maximum Gasteiger partial charge on any atom is 0.310 e. The summed E-state index contributed by atoms with van der Waals surface area (Å²) in [6, 6.07) is 0.305. The van der Waals surface area contributed by atoms with E-state index >= 15 is 0 Å². The fraction of sp³-hybridized carbons (Fsp3) is 0.882. The maximum atomic E-state index is 12.8.